The van der Waals surface area contributed by atoms with Crippen molar-refractivity contribution >= 4 is 11.3 Å². The van der Waals surface area contributed by atoms with E-state index in [9.17, 15) is 0 Å². The zero-order valence-corrected chi connectivity index (χ0v) is 8.64. The van der Waals surface area contributed by atoms with Crippen molar-refractivity contribution in [3.8, 4) is 6.07 Å². The number of nitrogens with zero attached hydrogens (tertiary/aromatic N) is 2. The van der Waals surface area contributed by atoms with Crippen LogP contribution in [0.25, 0.3) is 0 Å². The highest BCUT2D eigenvalue weighted by molar-refractivity contribution is 7.09. The molecule has 0 fully saturated rings. The molecule has 1 aromatic rings. The maximum atomic E-state index is 8.65. The van der Waals surface area contributed by atoms with Gasteiger partial charge in [0.05, 0.1) is 18.2 Å². The van der Waals surface area contributed by atoms with Crippen molar-refractivity contribution in [1.29, 1.82) is 5.26 Å². The molecule has 0 aliphatic carbocycles. The molecule has 1 rings (SSSR count). The van der Waals surface area contributed by atoms with E-state index in [1.54, 1.807) is 17.5 Å². The second-order valence-electron chi connectivity index (χ2n) is 2.85. The van der Waals surface area contributed by atoms with E-state index in [0.29, 0.717) is 0 Å². The van der Waals surface area contributed by atoms with Gasteiger partial charge in [-0.15, -0.1) is 11.3 Å². The first-order chi connectivity index (χ1) is 6.27. The molecule has 1 N–H and O–H groups in total. The Hall–Kier alpha value is -0.920. The fourth-order valence-corrected chi connectivity index (χ4v) is 1.89. The molecule has 0 saturated carbocycles. The summed E-state index contributed by atoms with van der Waals surface area (Å²) in [6.45, 7) is 3.94. The average molecular weight is 195 g/mol. The van der Waals surface area contributed by atoms with Crippen LogP contribution < -0.4 is 5.32 Å². The van der Waals surface area contributed by atoms with Crippen LogP contribution in [-0.2, 0) is 0 Å². The molecule has 13 heavy (non-hydrogen) atoms. The number of hydrogen-bond donors (Lipinski definition) is 1. The zero-order chi connectivity index (χ0) is 9.68. The van der Waals surface area contributed by atoms with Gasteiger partial charge in [-0.25, -0.2) is 4.98 Å². The first kappa shape index (κ1) is 10.2. The number of hydrogen-bond acceptors (Lipinski definition) is 4. The van der Waals surface area contributed by atoms with Gasteiger partial charge < -0.3 is 0 Å². The maximum Gasteiger partial charge on any atom is 0.109 e. The Kier molecular flexibility index (Phi) is 3.87. The molecule has 0 amide bonds. The van der Waals surface area contributed by atoms with Gasteiger partial charge in [0.1, 0.15) is 5.01 Å². The Bertz CT molecular complexity index is 276. The van der Waals surface area contributed by atoms with E-state index in [1.165, 1.54) is 0 Å². The topological polar surface area (TPSA) is 48.7 Å². The number of aromatic nitrogens is 1. The molecule has 0 aliphatic rings. The molecule has 0 saturated heterocycles. The Labute approximate surface area is 82.4 Å². The molecule has 1 aromatic heterocycles. The third-order valence-electron chi connectivity index (χ3n) is 1.80. The van der Waals surface area contributed by atoms with Crippen LogP contribution in [-0.4, -0.2) is 11.0 Å². The van der Waals surface area contributed by atoms with Crippen LogP contribution in [0, 0.1) is 11.3 Å². The van der Waals surface area contributed by atoms with Crippen molar-refractivity contribution in [3.05, 3.63) is 16.6 Å². The van der Waals surface area contributed by atoms with Crippen LogP contribution >= 0.6 is 11.3 Å². The van der Waals surface area contributed by atoms with Gasteiger partial charge in [-0.3, -0.25) is 5.32 Å². The molecule has 0 spiro atoms. The normalized spacial score (nSPS) is 14.8. The lowest BCUT2D eigenvalue weighted by atomic mass is 10.2. The summed E-state index contributed by atoms with van der Waals surface area (Å²) in [7, 11) is 0. The maximum absolute atomic E-state index is 8.65. The van der Waals surface area contributed by atoms with Gasteiger partial charge in [0.2, 0.25) is 0 Å². The molecular weight excluding hydrogens is 182 g/mol. The lowest BCUT2D eigenvalue weighted by molar-refractivity contribution is 0.493. The van der Waals surface area contributed by atoms with Crippen molar-refractivity contribution in [3.63, 3.8) is 0 Å². The highest BCUT2D eigenvalue weighted by Crippen LogP contribution is 2.18. The van der Waals surface area contributed by atoms with Crippen LogP contribution in [0.4, 0.5) is 0 Å². The first-order valence-electron chi connectivity index (χ1n) is 4.33. The van der Waals surface area contributed by atoms with E-state index in [0.717, 1.165) is 11.4 Å². The van der Waals surface area contributed by atoms with Crippen molar-refractivity contribution in [2.24, 2.45) is 0 Å². The predicted molar refractivity (Wildman–Crippen MR) is 53.4 cm³/mol. The second-order valence-corrected chi connectivity index (χ2v) is 3.77. The lowest BCUT2D eigenvalue weighted by Gasteiger charge is -2.15. The van der Waals surface area contributed by atoms with Gasteiger partial charge in [0.15, 0.2) is 0 Å². The highest BCUT2D eigenvalue weighted by Gasteiger charge is 2.13. The summed E-state index contributed by atoms with van der Waals surface area (Å²) >= 11 is 1.63. The van der Waals surface area contributed by atoms with E-state index < -0.39 is 0 Å². The quantitative estimate of drug-likeness (QED) is 0.800. The zero-order valence-electron chi connectivity index (χ0n) is 7.82. The Balaban J connectivity index is 2.60. The van der Waals surface area contributed by atoms with Crippen molar-refractivity contribution < 1.29 is 0 Å². The molecular formula is C9H13N3S. The second kappa shape index (κ2) is 4.95. The smallest absolute Gasteiger partial charge is 0.109 e. The van der Waals surface area contributed by atoms with E-state index in [-0.39, 0.29) is 12.1 Å². The largest absolute Gasteiger partial charge is 0.293 e. The number of nitriles is 1. The van der Waals surface area contributed by atoms with E-state index in [2.05, 4.69) is 23.3 Å². The van der Waals surface area contributed by atoms with Crippen molar-refractivity contribution in [1.82, 2.24) is 10.3 Å². The van der Waals surface area contributed by atoms with Crippen LogP contribution in [0.3, 0.4) is 0 Å². The van der Waals surface area contributed by atoms with Gasteiger partial charge >= 0.3 is 0 Å². The number of thiazole rings is 1. The molecule has 0 aliphatic heterocycles. The summed E-state index contributed by atoms with van der Waals surface area (Å²) in [6.07, 6.45) is 2.75. The SMILES string of the molecule is CCC(NC(C)C#N)c1nccs1. The minimum atomic E-state index is -0.117. The van der Waals surface area contributed by atoms with Gasteiger partial charge in [-0.1, -0.05) is 6.92 Å². The van der Waals surface area contributed by atoms with E-state index in [4.69, 9.17) is 5.26 Å². The fourth-order valence-electron chi connectivity index (χ4n) is 1.11. The van der Waals surface area contributed by atoms with Gasteiger partial charge in [-0.05, 0) is 13.3 Å². The standard InChI is InChI=1S/C9H13N3S/c1-3-8(12-7(2)6-10)9-11-4-5-13-9/h4-5,7-8,12H,3H2,1-2H3. The fraction of sp³-hybridized carbons (Fsp3) is 0.556. The average Bonchev–Trinajstić information content (AvgIpc) is 2.66. The van der Waals surface area contributed by atoms with Crippen molar-refractivity contribution in [2.45, 2.75) is 32.4 Å². The summed E-state index contributed by atoms with van der Waals surface area (Å²) in [5.41, 5.74) is 0. The Morgan fingerprint density at radius 3 is 3.00 bits per heavy atom. The Morgan fingerprint density at radius 1 is 1.77 bits per heavy atom. The summed E-state index contributed by atoms with van der Waals surface area (Å²) in [5, 5.41) is 14.9. The van der Waals surface area contributed by atoms with Gasteiger partial charge in [0.25, 0.3) is 0 Å². The molecule has 4 heteroatoms. The molecule has 0 bridgehead atoms. The van der Waals surface area contributed by atoms with Gasteiger partial charge in [-0.2, -0.15) is 5.26 Å². The summed E-state index contributed by atoms with van der Waals surface area (Å²) in [5.74, 6) is 0. The van der Waals surface area contributed by atoms with Crippen LogP contribution in [0.2, 0.25) is 0 Å². The van der Waals surface area contributed by atoms with Crippen LogP contribution in [0.15, 0.2) is 11.6 Å². The minimum absolute atomic E-state index is 0.117. The third-order valence-corrected chi connectivity index (χ3v) is 2.69. The van der Waals surface area contributed by atoms with E-state index in [1.807, 2.05) is 12.3 Å². The summed E-state index contributed by atoms with van der Waals surface area (Å²) in [4.78, 5) is 4.22. The molecule has 0 radical (unpaired) electrons. The number of rotatable bonds is 4. The van der Waals surface area contributed by atoms with Crippen LogP contribution in [0.5, 0.6) is 0 Å². The highest BCUT2D eigenvalue weighted by atomic mass is 32.1. The summed E-state index contributed by atoms with van der Waals surface area (Å²) < 4.78 is 0. The molecule has 2 unspecified atom stereocenters. The molecule has 2 atom stereocenters. The number of nitrogens with one attached hydrogen (secondary N) is 1. The van der Waals surface area contributed by atoms with Crippen LogP contribution in [0.1, 0.15) is 31.3 Å². The molecule has 3 nitrogen and oxygen atoms in total. The minimum Gasteiger partial charge on any atom is -0.293 e. The Morgan fingerprint density at radius 2 is 2.54 bits per heavy atom. The molecule has 70 valence electrons. The molecule has 0 aromatic carbocycles. The third kappa shape index (κ3) is 2.79. The predicted octanol–water partition coefficient (Wildman–Crippen LogP) is 2.10. The van der Waals surface area contributed by atoms with Crippen molar-refractivity contribution in [2.75, 3.05) is 0 Å². The lowest BCUT2D eigenvalue weighted by Crippen LogP contribution is -2.28. The molecule has 1 heterocycles. The van der Waals surface area contributed by atoms with E-state index >= 15 is 0 Å². The monoisotopic (exact) mass is 195 g/mol. The first-order valence-corrected chi connectivity index (χ1v) is 5.21. The van der Waals surface area contributed by atoms with Gasteiger partial charge in [0, 0.05) is 11.6 Å². The summed E-state index contributed by atoms with van der Waals surface area (Å²) in [6, 6.07) is 2.26.